The molecule has 6 heteroatoms. The van der Waals surface area contributed by atoms with Gasteiger partial charge in [-0.2, -0.15) is 10.4 Å². The summed E-state index contributed by atoms with van der Waals surface area (Å²) in [6.07, 6.45) is 1.35. The molecule has 1 heterocycles. The van der Waals surface area contributed by atoms with Gasteiger partial charge in [0, 0.05) is 5.56 Å². The van der Waals surface area contributed by atoms with Crippen LogP contribution in [0.4, 0.5) is 0 Å². The third kappa shape index (κ3) is 3.53. The normalized spacial score (nSPS) is 10.4. The number of aromatic nitrogens is 2. The first-order valence-corrected chi connectivity index (χ1v) is 8.59. The Hall–Kier alpha value is -3.59. The number of carbonyl (C=O) groups is 1. The predicted molar refractivity (Wildman–Crippen MR) is 101 cm³/mol. The molecule has 0 saturated heterocycles. The third-order valence-electron chi connectivity index (χ3n) is 4.26. The van der Waals surface area contributed by atoms with Crippen LogP contribution in [0.3, 0.4) is 0 Å². The summed E-state index contributed by atoms with van der Waals surface area (Å²) in [5.74, 6) is -0.320. The van der Waals surface area contributed by atoms with Gasteiger partial charge in [-0.3, -0.25) is 0 Å². The smallest absolute Gasteiger partial charge is 0.339 e. The Bertz CT molecular complexity index is 1010. The molecule has 0 amide bonds. The highest BCUT2D eigenvalue weighted by Crippen LogP contribution is 2.29. The van der Waals surface area contributed by atoms with Crippen molar-refractivity contribution in [2.75, 3.05) is 7.11 Å². The summed E-state index contributed by atoms with van der Waals surface area (Å²) in [6, 6.07) is 16.2. The molecule has 0 aliphatic heterocycles. The van der Waals surface area contributed by atoms with Gasteiger partial charge in [-0.15, -0.1) is 0 Å². The largest absolute Gasteiger partial charge is 0.497 e. The van der Waals surface area contributed by atoms with Gasteiger partial charge in [0.25, 0.3) is 0 Å². The molecule has 0 bridgehead atoms. The first-order valence-electron chi connectivity index (χ1n) is 8.59. The molecule has 2 aromatic carbocycles. The molecule has 6 nitrogen and oxygen atoms in total. The van der Waals surface area contributed by atoms with Crippen molar-refractivity contribution < 1.29 is 14.6 Å². The van der Waals surface area contributed by atoms with Crippen molar-refractivity contribution in [2.24, 2.45) is 0 Å². The van der Waals surface area contributed by atoms with Crippen LogP contribution in [0.5, 0.6) is 5.75 Å². The van der Waals surface area contributed by atoms with Gasteiger partial charge in [-0.05, 0) is 42.8 Å². The molecule has 0 radical (unpaired) electrons. The molecule has 0 aliphatic carbocycles. The molecule has 0 aliphatic rings. The number of carboxylic acids is 1. The Balaban J connectivity index is 2.24. The van der Waals surface area contributed by atoms with E-state index < -0.39 is 5.97 Å². The van der Waals surface area contributed by atoms with Crippen molar-refractivity contribution in [3.63, 3.8) is 0 Å². The molecular weight excluding hydrogens is 342 g/mol. The van der Waals surface area contributed by atoms with Crippen LogP contribution >= 0.6 is 0 Å². The van der Waals surface area contributed by atoms with E-state index in [2.05, 4.69) is 11.2 Å². The number of hydrogen-bond acceptors (Lipinski definition) is 4. The maximum absolute atomic E-state index is 12.1. The van der Waals surface area contributed by atoms with Gasteiger partial charge in [0.05, 0.1) is 30.1 Å². The Kier molecular flexibility index (Phi) is 5.23. The van der Waals surface area contributed by atoms with Gasteiger partial charge in [0.1, 0.15) is 17.0 Å². The molecule has 1 N–H and O–H groups in total. The van der Waals surface area contributed by atoms with Crippen LogP contribution in [0.15, 0.2) is 48.5 Å². The molecular formula is C21H19N3O3. The number of nitrogens with zero attached hydrogens (tertiary/aromatic N) is 3. The zero-order chi connectivity index (χ0) is 19.4. The highest BCUT2D eigenvalue weighted by Gasteiger charge is 2.24. The van der Waals surface area contributed by atoms with E-state index in [1.165, 1.54) is 0 Å². The topological polar surface area (TPSA) is 88.1 Å². The lowest BCUT2D eigenvalue weighted by Gasteiger charge is -2.08. The van der Waals surface area contributed by atoms with E-state index in [1.807, 2.05) is 31.2 Å². The minimum Gasteiger partial charge on any atom is -0.497 e. The first kappa shape index (κ1) is 18.2. The number of rotatable bonds is 6. The highest BCUT2D eigenvalue weighted by atomic mass is 16.5. The molecule has 0 saturated carbocycles. The van der Waals surface area contributed by atoms with Crippen molar-refractivity contribution in [3.05, 3.63) is 65.4 Å². The van der Waals surface area contributed by atoms with Crippen LogP contribution in [-0.2, 0) is 6.42 Å². The Morgan fingerprint density at radius 2 is 2.00 bits per heavy atom. The third-order valence-corrected chi connectivity index (χ3v) is 4.26. The second kappa shape index (κ2) is 7.75. The minimum absolute atomic E-state index is 0.169. The van der Waals surface area contributed by atoms with Gasteiger partial charge < -0.3 is 9.84 Å². The van der Waals surface area contributed by atoms with Crippen LogP contribution in [0.25, 0.3) is 16.9 Å². The van der Waals surface area contributed by atoms with E-state index >= 15 is 0 Å². The SMILES string of the molecule is CCCc1c(C(=O)O)c(-c2cccc(C#N)c2)nn1-c1ccc(OC)cc1. The fourth-order valence-corrected chi connectivity index (χ4v) is 3.02. The molecule has 3 aromatic rings. The van der Waals surface area contributed by atoms with E-state index in [0.717, 1.165) is 12.1 Å². The average molecular weight is 361 g/mol. The van der Waals surface area contributed by atoms with Gasteiger partial charge in [-0.25, -0.2) is 9.48 Å². The number of nitriles is 1. The van der Waals surface area contributed by atoms with Crippen molar-refractivity contribution in [1.82, 2.24) is 9.78 Å². The highest BCUT2D eigenvalue weighted by molar-refractivity contribution is 5.96. The van der Waals surface area contributed by atoms with Gasteiger partial charge in [0.15, 0.2) is 0 Å². The number of benzene rings is 2. The van der Waals surface area contributed by atoms with Crippen LogP contribution in [0, 0.1) is 11.3 Å². The zero-order valence-corrected chi connectivity index (χ0v) is 15.1. The quantitative estimate of drug-likeness (QED) is 0.715. The number of ether oxygens (including phenoxy) is 1. The van der Waals surface area contributed by atoms with Gasteiger partial charge in [-0.1, -0.05) is 25.5 Å². The molecule has 1 aromatic heterocycles. The summed E-state index contributed by atoms with van der Waals surface area (Å²) in [6.45, 7) is 1.99. The van der Waals surface area contributed by atoms with E-state index in [-0.39, 0.29) is 5.56 Å². The lowest BCUT2D eigenvalue weighted by Crippen LogP contribution is -2.06. The van der Waals surface area contributed by atoms with Gasteiger partial charge in [0.2, 0.25) is 0 Å². The molecule has 0 fully saturated rings. The van der Waals surface area contributed by atoms with E-state index in [0.29, 0.717) is 34.7 Å². The lowest BCUT2D eigenvalue weighted by atomic mass is 10.0. The molecule has 0 unspecified atom stereocenters. The number of aromatic carboxylic acids is 1. The minimum atomic E-state index is -1.03. The molecule has 0 atom stereocenters. The number of methoxy groups -OCH3 is 1. The molecule has 0 spiro atoms. The molecule has 3 rings (SSSR count). The summed E-state index contributed by atoms with van der Waals surface area (Å²) in [5.41, 5.74) is 2.98. The van der Waals surface area contributed by atoms with Crippen LogP contribution in [0.1, 0.15) is 35.0 Å². The zero-order valence-electron chi connectivity index (χ0n) is 15.1. The summed E-state index contributed by atoms with van der Waals surface area (Å²) in [7, 11) is 1.59. The summed E-state index contributed by atoms with van der Waals surface area (Å²) >= 11 is 0. The summed E-state index contributed by atoms with van der Waals surface area (Å²) < 4.78 is 6.86. The molecule has 136 valence electrons. The number of carboxylic acid groups (broad SMARTS) is 1. The monoisotopic (exact) mass is 361 g/mol. The van der Waals surface area contributed by atoms with E-state index in [4.69, 9.17) is 10.00 Å². The molecule has 27 heavy (non-hydrogen) atoms. The predicted octanol–water partition coefficient (Wildman–Crippen LogP) is 4.07. The van der Waals surface area contributed by atoms with Crippen LogP contribution in [0.2, 0.25) is 0 Å². The summed E-state index contributed by atoms with van der Waals surface area (Å²) in [4.78, 5) is 12.1. The standard InChI is InChI=1S/C21H19N3O3/c1-3-5-18-19(21(25)26)20(15-7-4-6-14(12-15)13-22)23-24(18)16-8-10-17(27-2)11-9-16/h4,6-12H,3,5H2,1-2H3,(H,25,26). The second-order valence-corrected chi connectivity index (χ2v) is 6.03. The van der Waals surface area contributed by atoms with Crippen molar-refractivity contribution in [1.29, 1.82) is 5.26 Å². The fraction of sp³-hybridized carbons (Fsp3) is 0.190. The Morgan fingerprint density at radius 1 is 1.26 bits per heavy atom. The van der Waals surface area contributed by atoms with Crippen molar-refractivity contribution in [3.8, 4) is 28.8 Å². The van der Waals surface area contributed by atoms with Crippen molar-refractivity contribution >= 4 is 5.97 Å². The van der Waals surface area contributed by atoms with Crippen LogP contribution < -0.4 is 4.74 Å². The second-order valence-electron chi connectivity index (χ2n) is 6.03. The Labute approximate surface area is 157 Å². The lowest BCUT2D eigenvalue weighted by molar-refractivity contribution is 0.0696. The van der Waals surface area contributed by atoms with E-state index in [9.17, 15) is 9.90 Å². The van der Waals surface area contributed by atoms with E-state index in [1.54, 1.807) is 36.1 Å². The van der Waals surface area contributed by atoms with Gasteiger partial charge >= 0.3 is 5.97 Å². The van der Waals surface area contributed by atoms with Crippen molar-refractivity contribution in [2.45, 2.75) is 19.8 Å². The Morgan fingerprint density at radius 3 is 2.59 bits per heavy atom. The fourth-order valence-electron chi connectivity index (χ4n) is 3.02. The average Bonchev–Trinajstić information content (AvgIpc) is 3.08. The van der Waals surface area contributed by atoms with Crippen LogP contribution in [-0.4, -0.2) is 28.0 Å². The number of hydrogen-bond donors (Lipinski definition) is 1. The first-order chi connectivity index (χ1) is 13.1. The summed E-state index contributed by atoms with van der Waals surface area (Å²) in [5, 5.41) is 23.6. The maximum Gasteiger partial charge on any atom is 0.339 e. The maximum atomic E-state index is 12.1.